The fraction of sp³-hybridized carbons (Fsp3) is 0.118. The molecule has 1 atom stereocenters. The van der Waals surface area contributed by atoms with E-state index in [1.54, 1.807) is 0 Å². The summed E-state index contributed by atoms with van der Waals surface area (Å²) >= 11 is 0. The summed E-state index contributed by atoms with van der Waals surface area (Å²) < 4.78 is 61.7. The molecule has 1 aliphatic rings. The van der Waals surface area contributed by atoms with Crippen LogP contribution in [0.25, 0.3) is 0 Å². The van der Waals surface area contributed by atoms with E-state index in [-0.39, 0.29) is 11.1 Å². The highest BCUT2D eigenvalue weighted by molar-refractivity contribution is 7.92. The Labute approximate surface area is 156 Å². The number of primary amides is 1. The van der Waals surface area contributed by atoms with E-state index in [1.165, 1.54) is 24.3 Å². The quantitative estimate of drug-likeness (QED) is 0.609. The fourth-order valence-corrected chi connectivity index (χ4v) is 3.67. The number of imide groups is 1. The van der Waals surface area contributed by atoms with Gasteiger partial charge in [0.25, 0.3) is 21.7 Å². The third-order valence-corrected chi connectivity index (χ3v) is 5.63. The van der Waals surface area contributed by atoms with Gasteiger partial charge in [-0.2, -0.15) is 13.2 Å². The molecule has 0 saturated heterocycles. The molecule has 0 radical (unpaired) electrons. The van der Waals surface area contributed by atoms with Crippen molar-refractivity contribution in [3.05, 3.63) is 59.7 Å². The number of carbonyl (C=O) groups is 3. The van der Waals surface area contributed by atoms with E-state index >= 15 is 0 Å². The molecule has 0 fully saturated rings. The van der Waals surface area contributed by atoms with Gasteiger partial charge in [0.2, 0.25) is 5.91 Å². The van der Waals surface area contributed by atoms with Crippen molar-refractivity contribution in [1.82, 2.24) is 0 Å². The van der Waals surface area contributed by atoms with Gasteiger partial charge in [-0.1, -0.05) is 24.3 Å². The molecule has 2 aromatic carbocycles. The molecule has 7 nitrogen and oxygen atoms in total. The first-order valence-corrected chi connectivity index (χ1v) is 9.13. The number of hydrogen-bond donors (Lipinski definition) is 1. The number of anilines is 1. The van der Waals surface area contributed by atoms with Crippen LogP contribution in [0.2, 0.25) is 0 Å². The van der Waals surface area contributed by atoms with Gasteiger partial charge >= 0.3 is 5.51 Å². The smallest absolute Gasteiger partial charge is 0.369 e. The van der Waals surface area contributed by atoms with Gasteiger partial charge in [0.05, 0.1) is 10.6 Å². The van der Waals surface area contributed by atoms with Crippen molar-refractivity contribution < 1.29 is 36.0 Å². The van der Waals surface area contributed by atoms with E-state index in [1.807, 2.05) is 0 Å². The van der Waals surface area contributed by atoms with E-state index in [4.69, 9.17) is 5.73 Å². The number of sulfone groups is 1. The second kappa shape index (κ2) is 6.44. The van der Waals surface area contributed by atoms with E-state index in [0.29, 0.717) is 17.0 Å². The molecular formula is C17H11F3N2O5S. The summed E-state index contributed by atoms with van der Waals surface area (Å²) in [5.74, 6) is -4.61. The van der Waals surface area contributed by atoms with Gasteiger partial charge in [0.15, 0.2) is 0 Å². The number of carbonyl (C=O) groups excluding carboxylic acids is 3. The van der Waals surface area contributed by atoms with Crippen LogP contribution >= 0.6 is 0 Å². The monoisotopic (exact) mass is 412 g/mol. The van der Waals surface area contributed by atoms with Gasteiger partial charge in [-0.05, 0) is 29.8 Å². The molecule has 1 aliphatic heterocycles. The van der Waals surface area contributed by atoms with Gasteiger partial charge in [-0.25, -0.2) is 13.3 Å². The van der Waals surface area contributed by atoms with Crippen molar-refractivity contribution in [3.8, 4) is 0 Å². The summed E-state index contributed by atoms with van der Waals surface area (Å²) in [7, 11) is -5.70. The Kier molecular flexibility index (Phi) is 4.50. The summed E-state index contributed by atoms with van der Waals surface area (Å²) in [5, 5.41) is 0. The summed E-state index contributed by atoms with van der Waals surface area (Å²) in [6, 6.07) is 8.90. The molecule has 0 aromatic heterocycles. The largest absolute Gasteiger partial charge is 0.501 e. The lowest BCUT2D eigenvalue weighted by Gasteiger charge is -2.31. The van der Waals surface area contributed by atoms with Crippen LogP contribution in [-0.4, -0.2) is 31.6 Å². The highest BCUT2D eigenvalue weighted by Gasteiger charge is 2.48. The van der Waals surface area contributed by atoms with Crippen molar-refractivity contribution in [3.63, 3.8) is 0 Å². The van der Waals surface area contributed by atoms with Crippen molar-refractivity contribution in [2.45, 2.75) is 16.3 Å². The molecule has 0 bridgehead atoms. The number of nitrogens with two attached hydrogens (primary N) is 1. The first kappa shape index (κ1) is 19.5. The molecule has 1 unspecified atom stereocenters. The molecule has 28 heavy (non-hydrogen) atoms. The van der Waals surface area contributed by atoms with Crippen molar-refractivity contribution >= 4 is 33.2 Å². The Hall–Kier alpha value is -3.21. The fourth-order valence-electron chi connectivity index (χ4n) is 2.87. The zero-order chi connectivity index (χ0) is 20.9. The second-order valence-corrected chi connectivity index (χ2v) is 7.79. The van der Waals surface area contributed by atoms with Crippen LogP contribution in [0.15, 0.2) is 53.4 Å². The molecule has 0 aliphatic carbocycles. The number of hydrogen-bond acceptors (Lipinski definition) is 5. The van der Waals surface area contributed by atoms with Crippen LogP contribution in [0.5, 0.6) is 0 Å². The topological polar surface area (TPSA) is 115 Å². The average molecular weight is 412 g/mol. The standard InChI is InChI=1S/C17H11F3N2O5S/c18-17(19,20)28(26,27)10-5-3-4-9(8-10)22-15(24)12-7-2-1-6-11(12)13(14(21)23)16(22)25/h1-8,13H,(H2,21,23). The van der Waals surface area contributed by atoms with Gasteiger partial charge in [-0.3, -0.25) is 14.4 Å². The summed E-state index contributed by atoms with van der Waals surface area (Å²) in [6.45, 7) is 0. The number of nitrogens with zero attached hydrogens (tertiary/aromatic N) is 1. The van der Waals surface area contributed by atoms with Crippen molar-refractivity contribution in [2.24, 2.45) is 5.73 Å². The highest BCUT2D eigenvalue weighted by atomic mass is 32.2. The lowest BCUT2D eigenvalue weighted by molar-refractivity contribution is -0.128. The number of rotatable bonds is 3. The van der Waals surface area contributed by atoms with Gasteiger partial charge < -0.3 is 5.73 Å². The SMILES string of the molecule is NC(=O)C1C(=O)N(c2cccc(S(=O)(=O)C(F)(F)F)c2)C(=O)c2ccccc21. The molecular weight excluding hydrogens is 401 g/mol. The molecule has 0 spiro atoms. The minimum Gasteiger partial charge on any atom is -0.369 e. The maximum atomic E-state index is 12.8. The van der Waals surface area contributed by atoms with Crippen LogP contribution in [0.3, 0.4) is 0 Å². The van der Waals surface area contributed by atoms with Crippen LogP contribution in [0.4, 0.5) is 18.9 Å². The number of fused-ring (bicyclic) bond motifs is 1. The highest BCUT2D eigenvalue weighted by Crippen LogP contribution is 2.35. The van der Waals surface area contributed by atoms with E-state index in [2.05, 4.69) is 0 Å². The lowest BCUT2D eigenvalue weighted by Crippen LogP contribution is -2.48. The van der Waals surface area contributed by atoms with Gasteiger partial charge in [0, 0.05) is 5.56 Å². The summed E-state index contributed by atoms with van der Waals surface area (Å²) in [6.07, 6.45) is 0. The lowest BCUT2D eigenvalue weighted by atomic mass is 9.87. The molecule has 3 amide bonds. The number of benzene rings is 2. The van der Waals surface area contributed by atoms with Crippen LogP contribution in [0, 0.1) is 0 Å². The maximum absolute atomic E-state index is 12.8. The molecule has 146 valence electrons. The first-order valence-electron chi connectivity index (χ1n) is 7.65. The number of amides is 3. The van der Waals surface area contributed by atoms with E-state index in [9.17, 15) is 36.0 Å². The molecule has 2 N–H and O–H groups in total. The summed E-state index contributed by atoms with van der Waals surface area (Å²) in [4.78, 5) is 36.6. The zero-order valence-corrected chi connectivity index (χ0v) is 14.6. The maximum Gasteiger partial charge on any atom is 0.501 e. The first-order chi connectivity index (χ1) is 13.0. The van der Waals surface area contributed by atoms with Crippen molar-refractivity contribution in [1.29, 1.82) is 0 Å². The predicted octanol–water partition coefficient (Wildman–Crippen LogP) is 1.74. The Morgan fingerprint density at radius 2 is 1.68 bits per heavy atom. The Balaban J connectivity index is 2.17. The number of halogens is 3. The second-order valence-electron chi connectivity index (χ2n) is 5.85. The Morgan fingerprint density at radius 3 is 2.29 bits per heavy atom. The van der Waals surface area contributed by atoms with Gasteiger partial charge in [-0.15, -0.1) is 0 Å². The van der Waals surface area contributed by atoms with Crippen LogP contribution < -0.4 is 10.6 Å². The van der Waals surface area contributed by atoms with E-state index < -0.39 is 49.6 Å². The predicted molar refractivity (Wildman–Crippen MR) is 89.9 cm³/mol. The molecule has 2 aromatic rings. The van der Waals surface area contributed by atoms with Crippen LogP contribution in [0.1, 0.15) is 21.8 Å². The summed E-state index contributed by atoms with van der Waals surface area (Å²) in [5.41, 5.74) is -0.700. The van der Waals surface area contributed by atoms with Gasteiger partial charge in [0.1, 0.15) is 5.92 Å². The van der Waals surface area contributed by atoms with Crippen LogP contribution in [-0.2, 0) is 19.4 Å². The molecule has 11 heteroatoms. The number of alkyl halides is 3. The minimum atomic E-state index is -5.70. The molecule has 0 saturated carbocycles. The zero-order valence-electron chi connectivity index (χ0n) is 13.8. The molecule has 3 rings (SSSR count). The Bertz CT molecular complexity index is 1110. The van der Waals surface area contributed by atoms with E-state index in [0.717, 1.165) is 12.1 Å². The third kappa shape index (κ3) is 2.93. The third-order valence-electron chi connectivity index (χ3n) is 4.15. The normalized spacial score (nSPS) is 17.4. The minimum absolute atomic E-state index is 0.0463. The average Bonchev–Trinajstić information content (AvgIpc) is 2.61. The Morgan fingerprint density at radius 1 is 1.04 bits per heavy atom. The molecule has 1 heterocycles. The van der Waals surface area contributed by atoms with Crippen molar-refractivity contribution in [2.75, 3.05) is 4.90 Å².